The molecule has 2 aromatic rings. The third kappa shape index (κ3) is 5.57. The zero-order valence-corrected chi connectivity index (χ0v) is 19.6. The Morgan fingerprint density at radius 1 is 0.969 bits per heavy atom. The highest BCUT2D eigenvalue weighted by atomic mass is 32.2. The zero-order chi connectivity index (χ0) is 22.6. The van der Waals surface area contributed by atoms with E-state index in [1.807, 2.05) is 43.3 Å². The SMILES string of the molecule is Cc1ccc(S(=O)(=O)N2CCN(Cc3cccc(C(=O)NC4CCCCC4)c3)CC2)cc1. The number of nitrogens with one attached hydrogen (secondary N) is 1. The number of carbonyl (C=O) groups is 1. The quantitative estimate of drug-likeness (QED) is 0.723. The second-order valence-corrected chi connectivity index (χ2v) is 10.9. The summed E-state index contributed by atoms with van der Waals surface area (Å²) in [5.41, 5.74) is 2.83. The molecule has 0 spiro atoms. The molecular weight excluding hydrogens is 422 g/mol. The van der Waals surface area contributed by atoms with Gasteiger partial charge in [0.25, 0.3) is 5.91 Å². The monoisotopic (exact) mass is 455 g/mol. The van der Waals surface area contributed by atoms with Crippen molar-refractivity contribution in [2.24, 2.45) is 0 Å². The Morgan fingerprint density at radius 3 is 2.34 bits per heavy atom. The third-order valence-corrected chi connectivity index (χ3v) is 8.44. The number of hydrogen-bond donors (Lipinski definition) is 1. The highest BCUT2D eigenvalue weighted by Crippen LogP contribution is 2.20. The molecule has 1 N–H and O–H groups in total. The van der Waals surface area contributed by atoms with E-state index in [0.717, 1.165) is 24.0 Å². The zero-order valence-electron chi connectivity index (χ0n) is 18.8. The molecule has 4 rings (SSSR count). The van der Waals surface area contributed by atoms with Crippen LogP contribution in [-0.4, -0.2) is 55.8 Å². The minimum atomic E-state index is -3.45. The molecule has 1 saturated carbocycles. The van der Waals surface area contributed by atoms with E-state index < -0.39 is 10.0 Å². The number of nitrogens with zero attached hydrogens (tertiary/aromatic N) is 2. The highest BCUT2D eigenvalue weighted by molar-refractivity contribution is 7.89. The van der Waals surface area contributed by atoms with Gasteiger partial charge in [0.2, 0.25) is 10.0 Å². The van der Waals surface area contributed by atoms with Crippen LogP contribution in [0.4, 0.5) is 0 Å². The molecule has 0 atom stereocenters. The average Bonchev–Trinajstić information content (AvgIpc) is 2.80. The number of hydrogen-bond acceptors (Lipinski definition) is 4. The Bertz CT molecular complexity index is 1020. The largest absolute Gasteiger partial charge is 0.349 e. The molecule has 1 aliphatic carbocycles. The van der Waals surface area contributed by atoms with E-state index in [1.165, 1.54) is 19.3 Å². The first kappa shape index (κ1) is 23.0. The standard InChI is InChI=1S/C25H33N3O3S/c1-20-10-12-24(13-11-20)32(30,31)28-16-14-27(15-17-28)19-21-6-5-7-22(18-21)25(29)26-23-8-3-2-4-9-23/h5-7,10-13,18,23H,2-4,8-9,14-17,19H2,1H3,(H,26,29). The molecule has 7 heteroatoms. The first-order chi connectivity index (χ1) is 15.4. The summed E-state index contributed by atoms with van der Waals surface area (Å²) < 4.78 is 27.4. The molecule has 0 unspecified atom stereocenters. The fraction of sp³-hybridized carbons (Fsp3) is 0.480. The number of aryl methyl sites for hydroxylation is 1. The van der Waals surface area contributed by atoms with Gasteiger partial charge in [-0.1, -0.05) is 49.1 Å². The summed E-state index contributed by atoms with van der Waals surface area (Å²) in [7, 11) is -3.45. The molecule has 2 aliphatic rings. The second kappa shape index (κ2) is 10.1. The van der Waals surface area contributed by atoms with Crippen LogP contribution in [0.25, 0.3) is 0 Å². The number of benzene rings is 2. The first-order valence-electron chi connectivity index (χ1n) is 11.6. The Kier molecular flexibility index (Phi) is 7.28. The molecule has 2 aromatic carbocycles. The van der Waals surface area contributed by atoms with Crippen LogP contribution in [0.15, 0.2) is 53.4 Å². The number of amides is 1. The molecule has 1 saturated heterocycles. The minimum Gasteiger partial charge on any atom is -0.349 e. The lowest BCUT2D eigenvalue weighted by molar-refractivity contribution is 0.0927. The van der Waals surface area contributed by atoms with E-state index in [9.17, 15) is 13.2 Å². The Balaban J connectivity index is 1.32. The summed E-state index contributed by atoms with van der Waals surface area (Å²) in [6, 6.07) is 15.1. The summed E-state index contributed by atoms with van der Waals surface area (Å²) in [6.45, 7) is 4.94. The van der Waals surface area contributed by atoms with Gasteiger partial charge in [-0.2, -0.15) is 4.31 Å². The molecule has 0 aromatic heterocycles. The van der Waals surface area contributed by atoms with Crippen molar-refractivity contribution < 1.29 is 13.2 Å². The van der Waals surface area contributed by atoms with Crippen molar-refractivity contribution in [1.82, 2.24) is 14.5 Å². The lowest BCUT2D eigenvalue weighted by Crippen LogP contribution is -2.48. The van der Waals surface area contributed by atoms with Crippen molar-refractivity contribution >= 4 is 15.9 Å². The van der Waals surface area contributed by atoms with Crippen LogP contribution in [-0.2, 0) is 16.6 Å². The van der Waals surface area contributed by atoms with Crippen molar-refractivity contribution in [3.8, 4) is 0 Å². The summed E-state index contributed by atoms with van der Waals surface area (Å²) in [5, 5.41) is 3.18. The maximum absolute atomic E-state index is 12.9. The van der Waals surface area contributed by atoms with Gasteiger partial charge in [0.05, 0.1) is 4.90 Å². The summed E-state index contributed by atoms with van der Waals surface area (Å²) in [4.78, 5) is 15.3. The van der Waals surface area contributed by atoms with Crippen LogP contribution < -0.4 is 5.32 Å². The predicted octanol–water partition coefficient (Wildman–Crippen LogP) is 3.56. The van der Waals surface area contributed by atoms with Gasteiger partial charge in [0.1, 0.15) is 0 Å². The van der Waals surface area contributed by atoms with Gasteiger partial charge in [-0.05, 0) is 49.6 Å². The molecule has 172 valence electrons. The topological polar surface area (TPSA) is 69.7 Å². The summed E-state index contributed by atoms with van der Waals surface area (Å²) >= 11 is 0. The molecule has 32 heavy (non-hydrogen) atoms. The number of carbonyl (C=O) groups excluding carboxylic acids is 1. The van der Waals surface area contributed by atoms with Gasteiger partial charge in [-0.25, -0.2) is 8.42 Å². The van der Waals surface area contributed by atoms with Crippen molar-refractivity contribution in [2.75, 3.05) is 26.2 Å². The van der Waals surface area contributed by atoms with E-state index in [4.69, 9.17) is 0 Å². The third-order valence-electron chi connectivity index (χ3n) is 6.53. The molecule has 0 bridgehead atoms. The molecule has 2 fully saturated rings. The van der Waals surface area contributed by atoms with Crippen LogP contribution in [0.5, 0.6) is 0 Å². The van der Waals surface area contributed by atoms with Gasteiger partial charge >= 0.3 is 0 Å². The van der Waals surface area contributed by atoms with E-state index in [-0.39, 0.29) is 5.91 Å². The van der Waals surface area contributed by atoms with Crippen LogP contribution in [0, 0.1) is 6.92 Å². The van der Waals surface area contributed by atoms with Crippen molar-refractivity contribution in [1.29, 1.82) is 0 Å². The molecule has 1 amide bonds. The van der Waals surface area contributed by atoms with E-state index in [1.54, 1.807) is 16.4 Å². The van der Waals surface area contributed by atoms with Crippen LogP contribution >= 0.6 is 0 Å². The fourth-order valence-electron chi connectivity index (χ4n) is 4.57. The number of piperazine rings is 1. The molecular formula is C25H33N3O3S. The summed E-state index contributed by atoms with van der Waals surface area (Å²) in [5.74, 6) is 0.00719. The van der Waals surface area contributed by atoms with Gasteiger partial charge in [-0.15, -0.1) is 0 Å². The Morgan fingerprint density at radius 2 is 1.66 bits per heavy atom. The van der Waals surface area contributed by atoms with Gasteiger partial charge < -0.3 is 5.32 Å². The number of rotatable bonds is 6. The van der Waals surface area contributed by atoms with Gasteiger partial charge in [0, 0.05) is 44.3 Å². The maximum Gasteiger partial charge on any atom is 0.251 e. The average molecular weight is 456 g/mol. The molecule has 1 aliphatic heterocycles. The minimum absolute atomic E-state index is 0.00719. The number of sulfonamides is 1. The fourth-order valence-corrected chi connectivity index (χ4v) is 5.99. The van der Waals surface area contributed by atoms with Gasteiger partial charge in [0.15, 0.2) is 0 Å². The molecule has 6 nitrogen and oxygen atoms in total. The van der Waals surface area contributed by atoms with Crippen molar-refractivity contribution in [3.05, 3.63) is 65.2 Å². The predicted molar refractivity (Wildman–Crippen MR) is 126 cm³/mol. The Labute approximate surface area is 191 Å². The molecule has 0 radical (unpaired) electrons. The molecule has 1 heterocycles. The highest BCUT2D eigenvalue weighted by Gasteiger charge is 2.28. The van der Waals surface area contributed by atoms with Crippen LogP contribution in [0.2, 0.25) is 0 Å². The van der Waals surface area contributed by atoms with Crippen LogP contribution in [0.1, 0.15) is 53.6 Å². The Hall–Kier alpha value is -2.22. The van der Waals surface area contributed by atoms with Crippen molar-refractivity contribution in [2.45, 2.75) is 56.5 Å². The summed E-state index contributed by atoms with van der Waals surface area (Å²) in [6.07, 6.45) is 5.79. The second-order valence-electron chi connectivity index (χ2n) is 9.00. The smallest absolute Gasteiger partial charge is 0.251 e. The van der Waals surface area contributed by atoms with E-state index in [0.29, 0.717) is 49.2 Å². The van der Waals surface area contributed by atoms with Crippen LogP contribution in [0.3, 0.4) is 0 Å². The normalized spacial score (nSPS) is 19.0. The van der Waals surface area contributed by atoms with E-state index >= 15 is 0 Å². The van der Waals surface area contributed by atoms with Gasteiger partial charge in [-0.3, -0.25) is 9.69 Å². The first-order valence-corrected chi connectivity index (χ1v) is 13.0. The van der Waals surface area contributed by atoms with Crippen molar-refractivity contribution in [3.63, 3.8) is 0 Å². The van der Waals surface area contributed by atoms with E-state index in [2.05, 4.69) is 10.2 Å². The lowest BCUT2D eigenvalue weighted by Gasteiger charge is -2.34. The lowest BCUT2D eigenvalue weighted by atomic mass is 9.95. The maximum atomic E-state index is 12.9.